The minimum Gasteiger partial charge on any atom is -0.227 e. The number of aryl methyl sites for hydroxylation is 2. The SMILES string of the molecule is Fc1ccc(C=Nc2nc3c(s2)-c2ccccc2CC3)cc1. The van der Waals surface area contributed by atoms with Gasteiger partial charge in [0.2, 0.25) is 5.13 Å². The van der Waals surface area contributed by atoms with Crippen molar-refractivity contribution < 1.29 is 4.39 Å². The molecule has 0 saturated carbocycles. The van der Waals surface area contributed by atoms with E-state index in [1.807, 2.05) is 0 Å². The van der Waals surface area contributed by atoms with Gasteiger partial charge in [-0.2, -0.15) is 0 Å². The Morgan fingerprint density at radius 3 is 2.73 bits per heavy atom. The van der Waals surface area contributed by atoms with E-state index in [0.717, 1.165) is 29.2 Å². The zero-order chi connectivity index (χ0) is 14.9. The summed E-state index contributed by atoms with van der Waals surface area (Å²) in [7, 11) is 0. The fourth-order valence-electron chi connectivity index (χ4n) is 2.67. The molecule has 0 atom stereocenters. The Kier molecular flexibility index (Phi) is 3.31. The lowest BCUT2D eigenvalue weighted by molar-refractivity contribution is 0.628. The molecule has 2 nitrogen and oxygen atoms in total. The van der Waals surface area contributed by atoms with Crippen LogP contribution in [0.25, 0.3) is 10.4 Å². The number of nitrogens with zero attached hydrogens (tertiary/aromatic N) is 2. The molecule has 3 aromatic rings. The lowest BCUT2D eigenvalue weighted by Crippen LogP contribution is -2.01. The van der Waals surface area contributed by atoms with Crippen molar-refractivity contribution in [1.82, 2.24) is 4.98 Å². The van der Waals surface area contributed by atoms with Crippen LogP contribution in [0.1, 0.15) is 16.8 Å². The molecule has 1 aliphatic rings. The smallest absolute Gasteiger partial charge is 0.209 e. The Bertz CT molecular complexity index is 850. The van der Waals surface area contributed by atoms with Gasteiger partial charge in [-0.15, -0.1) is 0 Å². The number of fused-ring (bicyclic) bond motifs is 3. The van der Waals surface area contributed by atoms with Crippen LogP contribution in [0.15, 0.2) is 53.5 Å². The van der Waals surface area contributed by atoms with Gasteiger partial charge in [0, 0.05) is 6.21 Å². The summed E-state index contributed by atoms with van der Waals surface area (Å²) in [6, 6.07) is 14.8. The van der Waals surface area contributed by atoms with Gasteiger partial charge in [-0.25, -0.2) is 14.4 Å². The number of hydrogen-bond donors (Lipinski definition) is 0. The van der Waals surface area contributed by atoms with Crippen LogP contribution in [0.4, 0.5) is 9.52 Å². The molecule has 0 spiro atoms. The van der Waals surface area contributed by atoms with Gasteiger partial charge in [0.05, 0.1) is 10.6 Å². The molecule has 2 aromatic carbocycles. The Labute approximate surface area is 132 Å². The Morgan fingerprint density at radius 1 is 1.05 bits per heavy atom. The molecule has 0 radical (unpaired) electrons. The van der Waals surface area contributed by atoms with E-state index in [1.54, 1.807) is 29.7 Å². The Hall–Kier alpha value is -2.33. The molecule has 0 unspecified atom stereocenters. The van der Waals surface area contributed by atoms with Crippen LogP contribution < -0.4 is 0 Å². The monoisotopic (exact) mass is 308 g/mol. The molecular weight excluding hydrogens is 295 g/mol. The molecule has 4 rings (SSSR count). The molecule has 0 N–H and O–H groups in total. The summed E-state index contributed by atoms with van der Waals surface area (Å²) in [5, 5.41) is 0.756. The third-order valence-electron chi connectivity index (χ3n) is 3.77. The Balaban J connectivity index is 1.66. The maximum absolute atomic E-state index is 12.9. The number of hydrogen-bond acceptors (Lipinski definition) is 3. The maximum Gasteiger partial charge on any atom is 0.209 e. The van der Waals surface area contributed by atoms with Gasteiger partial charge in [0.25, 0.3) is 0 Å². The average Bonchev–Trinajstić information content (AvgIpc) is 2.98. The quantitative estimate of drug-likeness (QED) is 0.624. The van der Waals surface area contributed by atoms with Gasteiger partial charge < -0.3 is 0 Å². The highest BCUT2D eigenvalue weighted by atomic mass is 32.1. The third-order valence-corrected chi connectivity index (χ3v) is 4.81. The molecule has 0 aliphatic heterocycles. The largest absolute Gasteiger partial charge is 0.227 e. The predicted molar refractivity (Wildman–Crippen MR) is 88.6 cm³/mol. The standard InChI is InChI=1S/C18H13FN2S/c19-14-8-5-12(6-9-14)11-20-18-21-16-10-7-13-3-1-2-4-15(13)17(16)22-18/h1-6,8-9,11H,7,10H2. The zero-order valence-electron chi connectivity index (χ0n) is 11.8. The fourth-order valence-corrected chi connectivity index (χ4v) is 3.68. The predicted octanol–water partition coefficient (Wildman–Crippen LogP) is 4.80. The summed E-state index contributed by atoms with van der Waals surface area (Å²) in [5.41, 5.74) is 4.67. The van der Waals surface area contributed by atoms with Crippen LogP contribution in [-0.2, 0) is 12.8 Å². The average molecular weight is 308 g/mol. The van der Waals surface area contributed by atoms with E-state index in [1.165, 1.54) is 28.1 Å². The maximum atomic E-state index is 12.9. The van der Waals surface area contributed by atoms with Gasteiger partial charge in [0.1, 0.15) is 5.82 Å². The topological polar surface area (TPSA) is 25.2 Å². The number of aliphatic imine (C=N–C) groups is 1. The second kappa shape index (κ2) is 5.46. The number of rotatable bonds is 2. The van der Waals surface area contributed by atoms with E-state index in [0.29, 0.717) is 0 Å². The first-order chi connectivity index (χ1) is 10.8. The van der Waals surface area contributed by atoms with Gasteiger partial charge in [0.15, 0.2) is 0 Å². The van der Waals surface area contributed by atoms with E-state index in [2.05, 4.69) is 34.2 Å². The van der Waals surface area contributed by atoms with Crippen molar-refractivity contribution in [1.29, 1.82) is 0 Å². The third kappa shape index (κ3) is 2.46. The number of aromatic nitrogens is 1. The first-order valence-electron chi connectivity index (χ1n) is 7.17. The zero-order valence-corrected chi connectivity index (χ0v) is 12.6. The lowest BCUT2D eigenvalue weighted by atomic mass is 9.94. The molecular formula is C18H13FN2S. The highest BCUT2D eigenvalue weighted by Gasteiger charge is 2.19. The first kappa shape index (κ1) is 13.3. The van der Waals surface area contributed by atoms with Crippen molar-refractivity contribution in [3.8, 4) is 10.4 Å². The van der Waals surface area contributed by atoms with Crippen LogP contribution in [0.2, 0.25) is 0 Å². The van der Waals surface area contributed by atoms with Crippen LogP contribution in [0, 0.1) is 5.82 Å². The minimum absolute atomic E-state index is 0.238. The molecule has 0 fully saturated rings. The number of thiazole rings is 1. The van der Waals surface area contributed by atoms with E-state index >= 15 is 0 Å². The number of benzene rings is 2. The van der Waals surface area contributed by atoms with Crippen molar-refractivity contribution in [3.63, 3.8) is 0 Å². The number of halogens is 1. The Morgan fingerprint density at radius 2 is 1.86 bits per heavy atom. The molecule has 1 heterocycles. The van der Waals surface area contributed by atoms with Gasteiger partial charge in [-0.3, -0.25) is 0 Å². The van der Waals surface area contributed by atoms with Crippen molar-refractivity contribution in [2.45, 2.75) is 12.8 Å². The molecule has 22 heavy (non-hydrogen) atoms. The van der Waals surface area contributed by atoms with Crippen molar-refractivity contribution in [3.05, 3.63) is 71.2 Å². The van der Waals surface area contributed by atoms with Gasteiger partial charge in [-0.1, -0.05) is 47.7 Å². The molecule has 1 aliphatic carbocycles. The van der Waals surface area contributed by atoms with E-state index in [-0.39, 0.29) is 5.82 Å². The second-order valence-corrected chi connectivity index (χ2v) is 6.22. The molecule has 0 bridgehead atoms. The molecule has 108 valence electrons. The molecule has 0 amide bonds. The highest BCUT2D eigenvalue weighted by Crippen LogP contribution is 2.40. The summed E-state index contributed by atoms with van der Waals surface area (Å²) in [5.74, 6) is -0.238. The molecule has 1 aromatic heterocycles. The van der Waals surface area contributed by atoms with Crippen molar-refractivity contribution in [2.75, 3.05) is 0 Å². The molecule has 0 saturated heterocycles. The van der Waals surface area contributed by atoms with E-state index < -0.39 is 0 Å². The summed E-state index contributed by atoms with van der Waals surface area (Å²) >= 11 is 1.62. The lowest BCUT2D eigenvalue weighted by Gasteiger charge is -2.13. The van der Waals surface area contributed by atoms with Crippen LogP contribution >= 0.6 is 11.3 Å². The second-order valence-electron chi connectivity index (χ2n) is 5.24. The fraction of sp³-hybridized carbons (Fsp3) is 0.111. The summed E-state index contributed by atoms with van der Waals surface area (Å²) in [6.07, 6.45) is 3.73. The summed E-state index contributed by atoms with van der Waals surface area (Å²) in [4.78, 5) is 10.3. The van der Waals surface area contributed by atoms with Gasteiger partial charge in [-0.05, 0) is 41.7 Å². The first-order valence-corrected chi connectivity index (χ1v) is 7.99. The normalized spacial score (nSPS) is 13.1. The minimum atomic E-state index is -0.238. The van der Waals surface area contributed by atoms with Crippen molar-refractivity contribution in [2.24, 2.45) is 4.99 Å². The van der Waals surface area contributed by atoms with Gasteiger partial charge >= 0.3 is 0 Å². The van der Waals surface area contributed by atoms with Crippen molar-refractivity contribution >= 4 is 22.7 Å². The van der Waals surface area contributed by atoms with Crippen LogP contribution in [0.3, 0.4) is 0 Å². The van der Waals surface area contributed by atoms with Crippen LogP contribution in [-0.4, -0.2) is 11.2 Å². The highest BCUT2D eigenvalue weighted by molar-refractivity contribution is 7.18. The summed E-state index contributed by atoms with van der Waals surface area (Å²) < 4.78 is 12.9. The van der Waals surface area contributed by atoms with E-state index in [9.17, 15) is 4.39 Å². The summed E-state index contributed by atoms with van der Waals surface area (Å²) in [6.45, 7) is 0. The van der Waals surface area contributed by atoms with Crippen LogP contribution in [0.5, 0.6) is 0 Å². The molecule has 4 heteroatoms. The van der Waals surface area contributed by atoms with E-state index in [4.69, 9.17) is 0 Å².